The summed E-state index contributed by atoms with van der Waals surface area (Å²) in [4.78, 5) is 10.8. The first-order valence-electron chi connectivity index (χ1n) is 4.78. The van der Waals surface area contributed by atoms with Gasteiger partial charge in [-0.05, 0) is 48.9 Å². The van der Waals surface area contributed by atoms with E-state index in [9.17, 15) is 4.79 Å². The summed E-state index contributed by atoms with van der Waals surface area (Å²) in [6, 6.07) is 4.28. The summed E-state index contributed by atoms with van der Waals surface area (Å²) < 4.78 is 0. The molecular weight excluding hydrogens is 160 g/mol. The molecule has 0 fully saturated rings. The van der Waals surface area contributed by atoms with Crippen LogP contribution in [0.15, 0.2) is 12.1 Å². The first kappa shape index (κ1) is 8.49. The zero-order valence-electron chi connectivity index (χ0n) is 8.13. The molecule has 1 aliphatic rings. The first-order valence-corrected chi connectivity index (χ1v) is 4.78. The van der Waals surface area contributed by atoms with Crippen molar-refractivity contribution >= 4 is 6.29 Å². The Labute approximate surface area is 78.8 Å². The normalized spacial score (nSPS) is 20.0. The zero-order valence-corrected chi connectivity index (χ0v) is 8.13. The number of hydrogen-bond donors (Lipinski definition) is 0. The van der Waals surface area contributed by atoms with Crippen LogP contribution in [-0.2, 0) is 11.2 Å². The summed E-state index contributed by atoms with van der Waals surface area (Å²) >= 11 is 0. The molecule has 0 spiro atoms. The predicted molar refractivity (Wildman–Crippen MR) is 53.0 cm³/mol. The van der Waals surface area contributed by atoms with Gasteiger partial charge in [0.2, 0.25) is 0 Å². The minimum Gasteiger partial charge on any atom is -0.303 e. The lowest BCUT2D eigenvalue weighted by atomic mass is 9.95. The van der Waals surface area contributed by atoms with Crippen LogP contribution in [0.4, 0.5) is 0 Å². The SMILES string of the molecule is Cc1ccc(C)c2c1CCC2C=O. The van der Waals surface area contributed by atoms with Crippen LogP contribution in [0.25, 0.3) is 0 Å². The highest BCUT2D eigenvalue weighted by molar-refractivity contribution is 5.67. The molecule has 1 nitrogen and oxygen atoms in total. The zero-order chi connectivity index (χ0) is 9.42. The summed E-state index contributed by atoms with van der Waals surface area (Å²) in [7, 11) is 0. The Bertz CT molecular complexity index is 352. The quantitative estimate of drug-likeness (QED) is 0.598. The molecule has 1 unspecified atom stereocenters. The Hall–Kier alpha value is -1.11. The van der Waals surface area contributed by atoms with Gasteiger partial charge in [-0.25, -0.2) is 0 Å². The van der Waals surface area contributed by atoms with Crippen LogP contribution in [0, 0.1) is 13.8 Å². The highest BCUT2D eigenvalue weighted by Crippen LogP contribution is 2.35. The Morgan fingerprint density at radius 2 is 2.00 bits per heavy atom. The number of carbonyl (C=O) groups excluding carboxylic acids is 1. The molecule has 0 saturated heterocycles. The lowest BCUT2D eigenvalue weighted by Gasteiger charge is -2.09. The van der Waals surface area contributed by atoms with Gasteiger partial charge in [-0.2, -0.15) is 0 Å². The maximum absolute atomic E-state index is 10.8. The van der Waals surface area contributed by atoms with E-state index in [2.05, 4.69) is 26.0 Å². The van der Waals surface area contributed by atoms with Gasteiger partial charge < -0.3 is 4.79 Å². The molecule has 1 aromatic rings. The van der Waals surface area contributed by atoms with Crippen molar-refractivity contribution in [2.24, 2.45) is 0 Å². The number of hydrogen-bond acceptors (Lipinski definition) is 1. The summed E-state index contributed by atoms with van der Waals surface area (Å²) in [5, 5.41) is 0. The van der Waals surface area contributed by atoms with Crippen LogP contribution in [0.5, 0.6) is 0 Å². The van der Waals surface area contributed by atoms with Crippen molar-refractivity contribution < 1.29 is 4.79 Å². The van der Waals surface area contributed by atoms with Crippen LogP contribution in [0.2, 0.25) is 0 Å². The van der Waals surface area contributed by atoms with Crippen molar-refractivity contribution in [2.45, 2.75) is 32.6 Å². The highest BCUT2D eigenvalue weighted by Gasteiger charge is 2.24. The molecule has 1 aliphatic carbocycles. The second-order valence-electron chi connectivity index (χ2n) is 3.87. The van der Waals surface area contributed by atoms with E-state index < -0.39 is 0 Å². The van der Waals surface area contributed by atoms with Crippen molar-refractivity contribution in [1.82, 2.24) is 0 Å². The third kappa shape index (κ3) is 1.19. The van der Waals surface area contributed by atoms with Crippen LogP contribution < -0.4 is 0 Å². The van der Waals surface area contributed by atoms with Crippen molar-refractivity contribution in [3.05, 3.63) is 34.4 Å². The van der Waals surface area contributed by atoms with Crippen molar-refractivity contribution in [3.63, 3.8) is 0 Å². The minimum absolute atomic E-state index is 0.162. The van der Waals surface area contributed by atoms with E-state index >= 15 is 0 Å². The van der Waals surface area contributed by atoms with Gasteiger partial charge >= 0.3 is 0 Å². The van der Waals surface area contributed by atoms with E-state index in [1.54, 1.807) is 0 Å². The number of fused-ring (bicyclic) bond motifs is 1. The van der Waals surface area contributed by atoms with Gasteiger partial charge in [0.25, 0.3) is 0 Å². The second kappa shape index (κ2) is 2.99. The van der Waals surface area contributed by atoms with E-state index in [-0.39, 0.29) is 5.92 Å². The molecule has 13 heavy (non-hydrogen) atoms. The Balaban J connectivity index is 2.61. The van der Waals surface area contributed by atoms with Gasteiger partial charge in [0.15, 0.2) is 0 Å². The lowest BCUT2D eigenvalue weighted by molar-refractivity contribution is -0.109. The van der Waals surface area contributed by atoms with Crippen molar-refractivity contribution in [1.29, 1.82) is 0 Å². The fraction of sp³-hybridized carbons (Fsp3) is 0.417. The molecular formula is C12H14O. The molecule has 1 heteroatoms. The Kier molecular flexibility index (Phi) is 1.95. The first-order chi connectivity index (χ1) is 6.24. The molecule has 0 bridgehead atoms. The maximum atomic E-state index is 10.8. The molecule has 0 aromatic heterocycles. The third-order valence-electron chi connectivity index (χ3n) is 3.05. The fourth-order valence-corrected chi connectivity index (χ4v) is 2.32. The Morgan fingerprint density at radius 1 is 1.31 bits per heavy atom. The van der Waals surface area contributed by atoms with E-state index in [1.807, 2.05) is 0 Å². The molecule has 0 saturated carbocycles. The van der Waals surface area contributed by atoms with E-state index in [4.69, 9.17) is 0 Å². The number of benzene rings is 1. The molecule has 0 N–H and O–H groups in total. The van der Waals surface area contributed by atoms with Gasteiger partial charge in [-0.1, -0.05) is 12.1 Å². The van der Waals surface area contributed by atoms with Gasteiger partial charge in [0.05, 0.1) is 0 Å². The molecule has 0 amide bonds. The van der Waals surface area contributed by atoms with Gasteiger partial charge in [-0.3, -0.25) is 0 Å². The minimum atomic E-state index is 0.162. The Morgan fingerprint density at radius 3 is 2.69 bits per heavy atom. The number of carbonyl (C=O) groups is 1. The lowest BCUT2D eigenvalue weighted by Crippen LogP contribution is -1.97. The largest absolute Gasteiger partial charge is 0.303 e. The van der Waals surface area contributed by atoms with Crippen LogP contribution in [-0.4, -0.2) is 6.29 Å². The molecule has 1 aromatic carbocycles. The van der Waals surface area contributed by atoms with Gasteiger partial charge in [-0.15, -0.1) is 0 Å². The number of aryl methyl sites for hydroxylation is 2. The standard InChI is InChI=1S/C12H14O/c1-8-3-4-9(2)12-10(7-13)5-6-11(8)12/h3-4,7,10H,5-6H2,1-2H3. The van der Waals surface area contributed by atoms with Gasteiger partial charge in [0, 0.05) is 5.92 Å². The fourth-order valence-electron chi connectivity index (χ4n) is 2.32. The summed E-state index contributed by atoms with van der Waals surface area (Å²) in [6.45, 7) is 4.23. The number of aldehydes is 1. The monoisotopic (exact) mass is 174 g/mol. The average Bonchev–Trinajstić information content (AvgIpc) is 2.56. The topological polar surface area (TPSA) is 17.1 Å². The van der Waals surface area contributed by atoms with Crippen molar-refractivity contribution in [2.75, 3.05) is 0 Å². The highest BCUT2D eigenvalue weighted by atomic mass is 16.1. The van der Waals surface area contributed by atoms with E-state index in [1.165, 1.54) is 22.3 Å². The number of rotatable bonds is 1. The summed E-state index contributed by atoms with van der Waals surface area (Å²) in [5.74, 6) is 0.162. The third-order valence-corrected chi connectivity index (χ3v) is 3.05. The summed E-state index contributed by atoms with van der Waals surface area (Å²) in [5.41, 5.74) is 5.33. The van der Waals surface area contributed by atoms with Crippen LogP contribution in [0.3, 0.4) is 0 Å². The van der Waals surface area contributed by atoms with E-state index in [0.717, 1.165) is 19.1 Å². The van der Waals surface area contributed by atoms with Gasteiger partial charge in [0.1, 0.15) is 6.29 Å². The smallest absolute Gasteiger partial charge is 0.127 e. The van der Waals surface area contributed by atoms with Crippen LogP contribution >= 0.6 is 0 Å². The van der Waals surface area contributed by atoms with Crippen molar-refractivity contribution in [3.8, 4) is 0 Å². The maximum Gasteiger partial charge on any atom is 0.127 e. The molecule has 0 heterocycles. The molecule has 2 rings (SSSR count). The predicted octanol–water partition coefficient (Wildman–Crippen LogP) is 2.53. The molecule has 68 valence electrons. The second-order valence-corrected chi connectivity index (χ2v) is 3.87. The molecule has 0 radical (unpaired) electrons. The summed E-state index contributed by atoms with van der Waals surface area (Å²) in [6.07, 6.45) is 3.18. The van der Waals surface area contributed by atoms with E-state index in [0.29, 0.717) is 0 Å². The average molecular weight is 174 g/mol. The van der Waals surface area contributed by atoms with Crippen LogP contribution in [0.1, 0.15) is 34.6 Å². The molecule has 1 atom stereocenters. The molecule has 0 aliphatic heterocycles.